The van der Waals surface area contributed by atoms with Crippen LogP contribution in [0.2, 0.25) is 10.0 Å². The van der Waals surface area contributed by atoms with Crippen molar-refractivity contribution in [3.8, 4) is 0 Å². The summed E-state index contributed by atoms with van der Waals surface area (Å²) in [4.78, 5) is 26.3. The number of alkyl halides is 3. The summed E-state index contributed by atoms with van der Waals surface area (Å²) in [5, 5.41) is 5.78. The van der Waals surface area contributed by atoms with E-state index >= 15 is 0 Å². The van der Waals surface area contributed by atoms with Gasteiger partial charge in [0.2, 0.25) is 5.95 Å². The number of pyridine rings is 1. The van der Waals surface area contributed by atoms with Gasteiger partial charge in [-0.3, -0.25) is 4.79 Å². The fourth-order valence-corrected chi connectivity index (χ4v) is 3.89. The number of nitrogens with one attached hydrogen (secondary N) is 2. The smallest absolute Gasteiger partial charge is 0.341 e. The molecule has 2 aromatic heterocycles. The van der Waals surface area contributed by atoms with Crippen molar-refractivity contribution in [1.29, 1.82) is 0 Å². The zero-order chi connectivity index (χ0) is 23.6. The van der Waals surface area contributed by atoms with E-state index in [9.17, 15) is 18.0 Å². The number of anilines is 4. The molecule has 1 fully saturated rings. The normalized spacial score (nSPS) is 13.8. The van der Waals surface area contributed by atoms with Gasteiger partial charge in [-0.2, -0.15) is 18.2 Å². The molecule has 0 radical (unpaired) electrons. The van der Waals surface area contributed by atoms with Gasteiger partial charge in [-0.1, -0.05) is 29.3 Å². The van der Waals surface area contributed by atoms with Crippen molar-refractivity contribution < 1.29 is 18.0 Å². The highest BCUT2D eigenvalue weighted by atomic mass is 35.5. The molecule has 0 saturated carbocycles. The standard InChI is InChI=1S/C21H17Cl2F3N6O/c22-13-4-3-5-14(23)18(13)19(33)28-12-6-7-27-16(10-12)30-17-11-15(21(24,25)26)29-20(31-17)32-8-1-2-9-32/h3-7,10-11H,1-2,8-9H2,(H2,27,28,29,30,31,33). The van der Waals surface area contributed by atoms with Gasteiger partial charge in [0, 0.05) is 37.1 Å². The number of halogens is 5. The molecule has 0 atom stereocenters. The van der Waals surface area contributed by atoms with E-state index in [1.54, 1.807) is 11.0 Å². The van der Waals surface area contributed by atoms with Gasteiger partial charge in [0.25, 0.3) is 5.91 Å². The van der Waals surface area contributed by atoms with Crippen LogP contribution in [0.15, 0.2) is 42.6 Å². The van der Waals surface area contributed by atoms with E-state index in [4.69, 9.17) is 23.2 Å². The van der Waals surface area contributed by atoms with Crippen LogP contribution < -0.4 is 15.5 Å². The molecule has 0 unspecified atom stereocenters. The quantitative estimate of drug-likeness (QED) is 0.464. The van der Waals surface area contributed by atoms with E-state index in [2.05, 4.69) is 25.6 Å². The second-order valence-electron chi connectivity index (χ2n) is 7.24. The summed E-state index contributed by atoms with van der Waals surface area (Å²) in [5.41, 5.74) is -0.619. The van der Waals surface area contributed by atoms with E-state index in [0.717, 1.165) is 18.9 Å². The summed E-state index contributed by atoms with van der Waals surface area (Å²) in [6.45, 7) is 1.18. The number of benzene rings is 1. The van der Waals surface area contributed by atoms with Gasteiger partial charge in [-0.15, -0.1) is 0 Å². The molecule has 1 saturated heterocycles. The summed E-state index contributed by atoms with van der Waals surface area (Å²) in [6, 6.07) is 8.47. The van der Waals surface area contributed by atoms with Gasteiger partial charge in [0.1, 0.15) is 11.6 Å². The van der Waals surface area contributed by atoms with Crippen molar-refractivity contribution >= 4 is 52.4 Å². The molecule has 2 N–H and O–H groups in total. The average Bonchev–Trinajstić information content (AvgIpc) is 3.28. The maximum Gasteiger partial charge on any atom is 0.433 e. The Labute approximate surface area is 197 Å². The first kappa shape index (κ1) is 23.1. The Morgan fingerprint density at radius 1 is 1.00 bits per heavy atom. The summed E-state index contributed by atoms with van der Waals surface area (Å²) in [7, 11) is 0. The molecule has 0 spiro atoms. The van der Waals surface area contributed by atoms with Crippen LogP contribution in [-0.2, 0) is 6.18 Å². The highest BCUT2D eigenvalue weighted by Crippen LogP contribution is 2.32. The predicted octanol–water partition coefficient (Wildman–Crippen LogP) is 5.79. The number of carbonyl (C=O) groups excluding carboxylic acids is 1. The molecule has 1 aliphatic rings. The first-order chi connectivity index (χ1) is 15.7. The lowest BCUT2D eigenvalue weighted by molar-refractivity contribution is -0.141. The van der Waals surface area contributed by atoms with Crippen LogP contribution in [0.4, 0.5) is 36.4 Å². The third kappa shape index (κ3) is 5.45. The third-order valence-corrected chi connectivity index (χ3v) is 5.49. The minimum atomic E-state index is -4.63. The molecule has 7 nitrogen and oxygen atoms in total. The highest BCUT2D eigenvalue weighted by molar-refractivity contribution is 6.40. The van der Waals surface area contributed by atoms with Gasteiger partial charge in [-0.05, 0) is 31.0 Å². The number of hydrogen-bond donors (Lipinski definition) is 2. The van der Waals surface area contributed by atoms with Crippen LogP contribution in [-0.4, -0.2) is 33.9 Å². The molecule has 1 aliphatic heterocycles. The minimum absolute atomic E-state index is 0.00245. The third-order valence-electron chi connectivity index (χ3n) is 4.86. The molecule has 3 heterocycles. The molecule has 0 bridgehead atoms. The highest BCUT2D eigenvalue weighted by Gasteiger charge is 2.34. The molecule has 3 aromatic rings. The summed E-state index contributed by atoms with van der Waals surface area (Å²) < 4.78 is 40.2. The number of amides is 1. The number of carbonyl (C=O) groups is 1. The monoisotopic (exact) mass is 496 g/mol. The average molecular weight is 497 g/mol. The van der Waals surface area contributed by atoms with Gasteiger partial charge in [-0.25, -0.2) is 9.97 Å². The Morgan fingerprint density at radius 2 is 1.70 bits per heavy atom. The molecule has 1 aromatic carbocycles. The van der Waals surface area contributed by atoms with Crippen LogP contribution >= 0.6 is 23.2 Å². The van der Waals surface area contributed by atoms with E-state index in [1.165, 1.54) is 30.5 Å². The van der Waals surface area contributed by atoms with Crippen LogP contribution in [0.1, 0.15) is 28.9 Å². The van der Waals surface area contributed by atoms with Crippen molar-refractivity contribution in [3.05, 3.63) is 63.9 Å². The van der Waals surface area contributed by atoms with E-state index < -0.39 is 17.8 Å². The lowest BCUT2D eigenvalue weighted by Crippen LogP contribution is -2.23. The van der Waals surface area contributed by atoms with Crippen LogP contribution in [0, 0.1) is 0 Å². The Balaban J connectivity index is 1.58. The second kappa shape index (κ2) is 9.40. The number of nitrogens with zero attached hydrogens (tertiary/aromatic N) is 4. The summed E-state index contributed by atoms with van der Waals surface area (Å²) in [6.07, 6.45) is -1.52. The second-order valence-corrected chi connectivity index (χ2v) is 8.05. The Hall–Kier alpha value is -3.11. The molecular formula is C21H17Cl2F3N6O. The topological polar surface area (TPSA) is 83.0 Å². The van der Waals surface area contributed by atoms with Gasteiger partial charge < -0.3 is 15.5 Å². The predicted molar refractivity (Wildman–Crippen MR) is 120 cm³/mol. The van der Waals surface area contributed by atoms with Crippen molar-refractivity contribution in [2.24, 2.45) is 0 Å². The first-order valence-corrected chi connectivity index (χ1v) is 10.7. The molecule has 4 rings (SSSR count). The van der Waals surface area contributed by atoms with Crippen molar-refractivity contribution in [2.75, 3.05) is 28.6 Å². The minimum Gasteiger partial charge on any atom is -0.341 e. The zero-order valence-electron chi connectivity index (χ0n) is 17.0. The molecular weight excluding hydrogens is 480 g/mol. The van der Waals surface area contributed by atoms with Crippen LogP contribution in [0.5, 0.6) is 0 Å². The van der Waals surface area contributed by atoms with Crippen molar-refractivity contribution in [3.63, 3.8) is 0 Å². The molecule has 1 amide bonds. The number of hydrogen-bond acceptors (Lipinski definition) is 6. The maximum atomic E-state index is 13.4. The molecule has 172 valence electrons. The fourth-order valence-electron chi connectivity index (χ4n) is 3.32. The molecule has 12 heteroatoms. The lowest BCUT2D eigenvalue weighted by atomic mass is 10.2. The Bertz CT molecular complexity index is 1160. The van der Waals surface area contributed by atoms with Crippen molar-refractivity contribution in [2.45, 2.75) is 19.0 Å². The van der Waals surface area contributed by atoms with Gasteiger partial charge in [0.05, 0.1) is 15.6 Å². The van der Waals surface area contributed by atoms with E-state index in [0.29, 0.717) is 18.8 Å². The van der Waals surface area contributed by atoms with Gasteiger partial charge in [0.15, 0.2) is 5.69 Å². The largest absolute Gasteiger partial charge is 0.433 e. The molecule has 0 aliphatic carbocycles. The molecule has 33 heavy (non-hydrogen) atoms. The van der Waals surface area contributed by atoms with Crippen LogP contribution in [0.25, 0.3) is 0 Å². The Kier molecular flexibility index (Phi) is 6.57. The van der Waals surface area contributed by atoms with E-state index in [-0.39, 0.29) is 33.2 Å². The van der Waals surface area contributed by atoms with E-state index in [1.807, 2.05) is 0 Å². The Morgan fingerprint density at radius 3 is 2.36 bits per heavy atom. The number of aromatic nitrogens is 3. The fraction of sp³-hybridized carbons (Fsp3) is 0.238. The zero-order valence-corrected chi connectivity index (χ0v) is 18.5. The van der Waals surface area contributed by atoms with Crippen molar-refractivity contribution in [1.82, 2.24) is 15.0 Å². The van der Waals surface area contributed by atoms with Crippen LogP contribution in [0.3, 0.4) is 0 Å². The lowest BCUT2D eigenvalue weighted by Gasteiger charge is -2.18. The maximum absolute atomic E-state index is 13.4. The SMILES string of the molecule is O=C(Nc1ccnc(Nc2cc(C(F)(F)F)nc(N3CCCC3)n2)c1)c1c(Cl)cccc1Cl. The summed E-state index contributed by atoms with van der Waals surface area (Å²) in [5.74, 6) is -0.426. The van der Waals surface area contributed by atoms with Gasteiger partial charge >= 0.3 is 6.18 Å². The summed E-state index contributed by atoms with van der Waals surface area (Å²) >= 11 is 12.1. The first-order valence-electron chi connectivity index (χ1n) is 9.90. The number of rotatable bonds is 5.